The summed E-state index contributed by atoms with van der Waals surface area (Å²) in [6.07, 6.45) is 6.08. The molecule has 2 unspecified atom stereocenters. The number of hydrogen-bond donors (Lipinski definition) is 1. The van der Waals surface area contributed by atoms with Gasteiger partial charge in [0.25, 0.3) is 0 Å². The molecule has 1 N–H and O–H groups in total. The van der Waals surface area contributed by atoms with Crippen LogP contribution < -0.4 is 5.32 Å². The molecule has 0 bridgehead atoms. The number of methoxy groups -OCH3 is 1. The van der Waals surface area contributed by atoms with Gasteiger partial charge in [-0.3, -0.25) is 4.99 Å². The molecule has 2 heterocycles. The lowest BCUT2D eigenvalue weighted by atomic mass is 10.1. The number of piperidine rings is 1. The zero-order valence-corrected chi connectivity index (χ0v) is 21.8. The first kappa shape index (κ1) is 26.6. The number of guanidine groups is 1. The van der Waals surface area contributed by atoms with Crippen molar-refractivity contribution in [1.82, 2.24) is 10.2 Å². The van der Waals surface area contributed by atoms with Crippen LogP contribution in [-0.4, -0.2) is 69.6 Å². The summed E-state index contributed by atoms with van der Waals surface area (Å²) in [5.74, 6) is 0.940. The Balaban J connectivity index is 0.00000341. The van der Waals surface area contributed by atoms with E-state index in [0.29, 0.717) is 17.7 Å². The standard InChI is InChI=1S/C23H36ClN3O3.HI/c1-3-25-23(26-16-22(28-2)18-7-6-8-19(24)15-18)27-12-10-20(11-13-27)30-17-21-9-4-5-14-29-21;/h6-8,15,20-22H,3-5,9-14,16-17H2,1-2H3,(H,25,26);1H. The third-order valence-electron chi connectivity index (χ3n) is 5.78. The largest absolute Gasteiger partial charge is 0.376 e. The average Bonchev–Trinajstić information content (AvgIpc) is 2.78. The number of halogens is 2. The maximum absolute atomic E-state index is 6.15. The maximum atomic E-state index is 6.15. The molecule has 0 radical (unpaired) electrons. The van der Waals surface area contributed by atoms with Gasteiger partial charge in [-0.15, -0.1) is 24.0 Å². The molecular formula is C23H37ClIN3O3. The number of nitrogens with one attached hydrogen (secondary N) is 1. The smallest absolute Gasteiger partial charge is 0.194 e. The van der Waals surface area contributed by atoms with Crippen molar-refractivity contribution < 1.29 is 14.2 Å². The maximum Gasteiger partial charge on any atom is 0.194 e. The van der Waals surface area contributed by atoms with Crippen molar-refractivity contribution in [3.63, 3.8) is 0 Å². The van der Waals surface area contributed by atoms with Gasteiger partial charge in [0.2, 0.25) is 0 Å². The third kappa shape index (κ3) is 8.68. The first-order chi connectivity index (χ1) is 14.7. The van der Waals surface area contributed by atoms with Gasteiger partial charge < -0.3 is 24.4 Å². The van der Waals surface area contributed by atoms with Gasteiger partial charge in [-0.05, 0) is 56.7 Å². The van der Waals surface area contributed by atoms with E-state index in [9.17, 15) is 0 Å². The van der Waals surface area contributed by atoms with Crippen LogP contribution in [0.3, 0.4) is 0 Å². The molecule has 2 atom stereocenters. The van der Waals surface area contributed by atoms with E-state index < -0.39 is 0 Å². The first-order valence-corrected chi connectivity index (χ1v) is 11.6. The minimum Gasteiger partial charge on any atom is -0.376 e. The highest BCUT2D eigenvalue weighted by Gasteiger charge is 2.24. The molecule has 2 fully saturated rings. The molecule has 31 heavy (non-hydrogen) atoms. The summed E-state index contributed by atoms with van der Waals surface area (Å²) >= 11 is 6.14. The van der Waals surface area contributed by atoms with E-state index in [1.54, 1.807) is 7.11 Å². The minimum atomic E-state index is -0.117. The number of rotatable bonds is 8. The highest BCUT2D eigenvalue weighted by atomic mass is 127. The molecule has 0 amide bonds. The quantitative estimate of drug-likeness (QED) is 0.282. The summed E-state index contributed by atoms with van der Waals surface area (Å²) in [6, 6.07) is 7.79. The molecule has 2 aliphatic rings. The summed E-state index contributed by atoms with van der Waals surface area (Å²) in [7, 11) is 1.72. The van der Waals surface area contributed by atoms with Crippen LogP contribution in [0.4, 0.5) is 0 Å². The normalized spacial score (nSPS) is 21.5. The monoisotopic (exact) mass is 565 g/mol. The predicted molar refractivity (Wildman–Crippen MR) is 137 cm³/mol. The molecule has 1 aromatic rings. The van der Waals surface area contributed by atoms with Crippen LogP contribution in [-0.2, 0) is 14.2 Å². The number of ether oxygens (including phenoxy) is 3. The highest BCUT2D eigenvalue weighted by Crippen LogP contribution is 2.22. The number of hydrogen-bond acceptors (Lipinski definition) is 4. The lowest BCUT2D eigenvalue weighted by molar-refractivity contribution is -0.0721. The van der Waals surface area contributed by atoms with Gasteiger partial charge >= 0.3 is 0 Å². The molecule has 1 aromatic carbocycles. The van der Waals surface area contributed by atoms with E-state index in [1.807, 2.05) is 24.3 Å². The second kappa shape index (κ2) is 14.5. The Morgan fingerprint density at radius 3 is 2.74 bits per heavy atom. The van der Waals surface area contributed by atoms with Gasteiger partial charge in [0.05, 0.1) is 25.4 Å². The fraction of sp³-hybridized carbons (Fsp3) is 0.696. The summed E-state index contributed by atoms with van der Waals surface area (Å²) < 4.78 is 17.6. The highest BCUT2D eigenvalue weighted by molar-refractivity contribution is 14.0. The van der Waals surface area contributed by atoms with E-state index in [4.69, 9.17) is 30.8 Å². The van der Waals surface area contributed by atoms with Crippen molar-refractivity contribution in [3.8, 4) is 0 Å². The zero-order chi connectivity index (χ0) is 21.2. The van der Waals surface area contributed by atoms with Gasteiger partial charge in [-0.25, -0.2) is 0 Å². The third-order valence-corrected chi connectivity index (χ3v) is 6.02. The Hall–Kier alpha value is -0.610. The fourth-order valence-corrected chi connectivity index (χ4v) is 4.23. The van der Waals surface area contributed by atoms with Crippen LogP contribution in [0.5, 0.6) is 0 Å². The van der Waals surface area contributed by atoms with Crippen LogP contribution in [0.1, 0.15) is 50.7 Å². The van der Waals surface area contributed by atoms with Gasteiger partial charge in [-0.1, -0.05) is 23.7 Å². The van der Waals surface area contributed by atoms with E-state index in [0.717, 1.165) is 63.6 Å². The van der Waals surface area contributed by atoms with Gasteiger partial charge in [0.15, 0.2) is 5.96 Å². The summed E-state index contributed by atoms with van der Waals surface area (Å²) in [6.45, 7) is 6.98. The van der Waals surface area contributed by atoms with Crippen molar-refractivity contribution in [1.29, 1.82) is 0 Å². The molecule has 0 saturated carbocycles. The van der Waals surface area contributed by atoms with Crippen LogP contribution in [0, 0.1) is 0 Å². The molecule has 0 spiro atoms. The fourth-order valence-electron chi connectivity index (χ4n) is 4.03. The lowest BCUT2D eigenvalue weighted by Gasteiger charge is -2.35. The van der Waals surface area contributed by atoms with Crippen LogP contribution in [0.25, 0.3) is 0 Å². The van der Waals surface area contributed by atoms with E-state index in [2.05, 4.69) is 17.1 Å². The van der Waals surface area contributed by atoms with E-state index >= 15 is 0 Å². The number of benzene rings is 1. The zero-order valence-electron chi connectivity index (χ0n) is 18.7. The summed E-state index contributed by atoms with van der Waals surface area (Å²) in [5.41, 5.74) is 1.04. The lowest BCUT2D eigenvalue weighted by Crippen LogP contribution is -2.47. The Bertz CT molecular complexity index is 665. The molecule has 2 aliphatic heterocycles. The molecule has 2 saturated heterocycles. The topological polar surface area (TPSA) is 55.3 Å². The Morgan fingerprint density at radius 2 is 2.10 bits per heavy atom. The molecule has 0 aromatic heterocycles. The van der Waals surface area contributed by atoms with E-state index in [1.165, 1.54) is 12.8 Å². The van der Waals surface area contributed by atoms with Gasteiger partial charge in [-0.2, -0.15) is 0 Å². The van der Waals surface area contributed by atoms with Crippen LogP contribution >= 0.6 is 35.6 Å². The molecular weight excluding hydrogens is 529 g/mol. The SMILES string of the molecule is CCNC(=NCC(OC)c1cccc(Cl)c1)N1CCC(OCC2CCCCO2)CC1.I. The second-order valence-electron chi connectivity index (χ2n) is 7.98. The predicted octanol–water partition coefficient (Wildman–Crippen LogP) is 4.66. The van der Waals surface area contributed by atoms with E-state index in [-0.39, 0.29) is 36.2 Å². The number of likely N-dealkylation sites (tertiary alicyclic amines) is 1. The van der Waals surface area contributed by atoms with Crippen LogP contribution in [0.2, 0.25) is 5.02 Å². The first-order valence-electron chi connectivity index (χ1n) is 11.2. The van der Waals surface area contributed by atoms with Crippen molar-refractivity contribution in [2.45, 2.75) is 57.3 Å². The molecule has 176 valence electrons. The van der Waals surface area contributed by atoms with Crippen molar-refractivity contribution in [2.24, 2.45) is 4.99 Å². The van der Waals surface area contributed by atoms with Gasteiger partial charge in [0, 0.05) is 38.4 Å². The number of aliphatic imine (C=N–C) groups is 1. The molecule has 8 heteroatoms. The Morgan fingerprint density at radius 1 is 1.29 bits per heavy atom. The Labute approximate surface area is 209 Å². The van der Waals surface area contributed by atoms with Crippen LogP contribution in [0.15, 0.2) is 29.3 Å². The van der Waals surface area contributed by atoms with Crippen molar-refractivity contribution in [3.05, 3.63) is 34.9 Å². The summed E-state index contributed by atoms with van der Waals surface area (Å²) in [4.78, 5) is 7.19. The van der Waals surface area contributed by atoms with Crippen molar-refractivity contribution >= 4 is 41.5 Å². The van der Waals surface area contributed by atoms with Gasteiger partial charge in [0.1, 0.15) is 6.10 Å². The minimum absolute atomic E-state index is 0. The molecule has 0 aliphatic carbocycles. The molecule has 3 rings (SSSR count). The molecule has 6 nitrogen and oxygen atoms in total. The Kier molecular flexibility index (Phi) is 12.5. The number of nitrogens with zero attached hydrogens (tertiary/aromatic N) is 2. The average molecular weight is 566 g/mol. The van der Waals surface area contributed by atoms with Crippen molar-refractivity contribution in [2.75, 3.05) is 46.5 Å². The summed E-state index contributed by atoms with van der Waals surface area (Å²) in [5, 5.41) is 4.14. The second-order valence-corrected chi connectivity index (χ2v) is 8.42.